The van der Waals surface area contributed by atoms with Gasteiger partial charge in [-0.05, 0) is 0 Å². The Hall–Kier alpha value is -4.09. The highest BCUT2D eigenvalue weighted by Crippen LogP contribution is 2.33. The van der Waals surface area contributed by atoms with Crippen molar-refractivity contribution in [3.05, 3.63) is 33.1 Å². The fourth-order valence-corrected chi connectivity index (χ4v) is 4.52. The molecule has 2 saturated heterocycles. The maximum Gasteiger partial charge on any atom is 0.330 e. The molecule has 0 saturated carbocycles. The van der Waals surface area contributed by atoms with E-state index in [0.717, 1.165) is 38.3 Å². The van der Waals surface area contributed by atoms with E-state index in [4.69, 9.17) is 37.9 Å². The van der Waals surface area contributed by atoms with Gasteiger partial charge in [0.15, 0.2) is 24.6 Å². The first-order valence-corrected chi connectivity index (χ1v) is 12.8. The molecule has 0 spiro atoms. The first-order valence-electron chi connectivity index (χ1n) is 12.8. The molecule has 0 amide bonds. The van der Waals surface area contributed by atoms with E-state index in [-0.39, 0.29) is 13.0 Å². The topological polar surface area (TPSA) is 214 Å². The fraction of sp³-hybridized carbons (Fsp3) is 0.640. The quantitative estimate of drug-likeness (QED) is 0.248. The largest absolute Gasteiger partial charge is 0.463 e. The van der Waals surface area contributed by atoms with E-state index in [1.165, 1.54) is 13.1 Å². The van der Waals surface area contributed by atoms with Crippen LogP contribution in [0.4, 0.5) is 0 Å². The zero-order valence-corrected chi connectivity index (χ0v) is 23.5. The number of nitrogens with zero attached hydrogens (tertiary/aromatic N) is 1. The zero-order valence-electron chi connectivity index (χ0n) is 23.5. The summed E-state index contributed by atoms with van der Waals surface area (Å²) >= 11 is 0. The molecule has 42 heavy (non-hydrogen) atoms. The molecule has 3 rings (SSSR count). The smallest absolute Gasteiger partial charge is 0.330 e. The second kappa shape index (κ2) is 14.2. The molecule has 0 unspecified atom stereocenters. The molecule has 1 aromatic heterocycles. The Labute approximate surface area is 238 Å². The molecule has 8 atom stereocenters. The molecule has 2 aliphatic heterocycles. The Morgan fingerprint density at radius 2 is 1.38 bits per heavy atom. The maximum atomic E-state index is 12.3. The Bertz CT molecular complexity index is 1290. The summed E-state index contributed by atoms with van der Waals surface area (Å²) in [5.74, 6) is -3.75. The van der Waals surface area contributed by atoms with Crippen LogP contribution in [-0.2, 0) is 61.9 Å². The molecule has 3 heterocycles. The molecule has 0 aliphatic carbocycles. The summed E-state index contributed by atoms with van der Waals surface area (Å²) in [6.07, 6.45) is -8.67. The number of aromatic nitrogens is 2. The van der Waals surface area contributed by atoms with Gasteiger partial charge in [0.25, 0.3) is 5.56 Å². The highest BCUT2D eigenvalue weighted by atomic mass is 16.7. The second-order valence-electron chi connectivity index (χ2n) is 9.43. The Kier molecular flexibility index (Phi) is 11.0. The third-order valence-electron chi connectivity index (χ3n) is 6.03. The van der Waals surface area contributed by atoms with Crippen molar-refractivity contribution in [2.75, 3.05) is 13.2 Å². The van der Waals surface area contributed by atoms with Crippen molar-refractivity contribution in [2.45, 2.75) is 90.2 Å². The molecule has 17 nitrogen and oxygen atoms in total. The van der Waals surface area contributed by atoms with Crippen molar-refractivity contribution >= 4 is 29.8 Å². The van der Waals surface area contributed by atoms with Gasteiger partial charge in [0.05, 0.1) is 6.61 Å². The number of aromatic amines is 1. The summed E-state index contributed by atoms with van der Waals surface area (Å²) in [5, 5.41) is 0. The Morgan fingerprint density at radius 1 is 0.786 bits per heavy atom. The third-order valence-corrected chi connectivity index (χ3v) is 6.03. The number of rotatable bonds is 10. The number of ether oxygens (including phenoxy) is 8. The standard InChI is InChI=1S/C25H32N2O15/c1-11(28)35-10-18-21(38-13(3)30)22(39-14(4)31)23(40-15(5)32)24(42-18)36-9-17-16(37-12(2)29)8-20(41-17)27-7-6-19(33)26-25(27)34/h6-7,16-18,20-24H,8-10H2,1-5H3,(H,26,33,34)/t16-,17+,18+,20+,21-,22-,23+,24+/m0/s1. The number of hydrogen-bond donors (Lipinski definition) is 1. The van der Waals surface area contributed by atoms with E-state index in [2.05, 4.69) is 4.98 Å². The van der Waals surface area contributed by atoms with E-state index >= 15 is 0 Å². The minimum Gasteiger partial charge on any atom is -0.463 e. The third kappa shape index (κ3) is 8.70. The van der Waals surface area contributed by atoms with Crippen LogP contribution in [0.3, 0.4) is 0 Å². The molecule has 0 bridgehead atoms. The molecule has 0 aromatic carbocycles. The lowest BCUT2D eigenvalue weighted by Crippen LogP contribution is -2.63. The number of carbonyl (C=O) groups is 5. The van der Waals surface area contributed by atoms with E-state index in [1.54, 1.807) is 0 Å². The van der Waals surface area contributed by atoms with Gasteiger partial charge in [-0.25, -0.2) is 4.79 Å². The summed E-state index contributed by atoms with van der Waals surface area (Å²) in [7, 11) is 0. The van der Waals surface area contributed by atoms with Crippen LogP contribution in [-0.4, -0.2) is 95.5 Å². The van der Waals surface area contributed by atoms with Crippen LogP contribution in [0.15, 0.2) is 21.9 Å². The zero-order chi connectivity index (χ0) is 31.1. The lowest BCUT2D eigenvalue weighted by atomic mass is 9.98. The summed E-state index contributed by atoms with van der Waals surface area (Å²) in [5.41, 5.74) is -1.37. The molecule has 1 aromatic rings. The van der Waals surface area contributed by atoms with Crippen molar-refractivity contribution in [1.29, 1.82) is 0 Å². The summed E-state index contributed by atoms with van der Waals surface area (Å²) in [6.45, 7) is 4.74. The number of carbonyl (C=O) groups excluding carboxylic acids is 5. The number of nitrogens with one attached hydrogen (secondary N) is 1. The van der Waals surface area contributed by atoms with Gasteiger partial charge in [-0.1, -0.05) is 0 Å². The number of hydrogen-bond acceptors (Lipinski definition) is 15. The van der Waals surface area contributed by atoms with Gasteiger partial charge in [-0.3, -0.25) is 38.3 Å². The van der Waals surface area contributed by atoms with Crippen LogP contribution in [0.25, 0.3) is 0 Å². The number of H-pyrrole nitrogens is 1. The molecular weight excluding hydrogens is 568 g/mol. The molecule has 17 heteroatoms. The van der Waals surface area contributed by atoms with Gasteiger partial charge in [-0.2, -0.15) is 0 Å². The van der Waals surface area contributed by atoms with E-state index in [9.17, 15) is 33.6 Å². The SMILES string of the molecule is CC(=O)OC[C@H]1O[C@@H](OC[C@H]2O[C@@H](n3ccc(=O)[nH]c3=O)C[C@@H]2OC(C)=O)[C@H](OC(C)=O)[C@@H](OC(C)=O)[C@H]1OC(C)=O. The van der Waals surface area contributed by atoms with Crippen molar-refractivity contribution < 1.29 is 61.9 Å². The van der Waals surface area contributed by atoms with Crippen LogP contribution in [0, 0.1) is 0 Å². The maximum absolute atomic E-state index is 12.3. The second-order valence-corrected chi connectivity index (χ2v) is 9.43. The van der Waals surface area contributed by atoms with E-state index < -0.39 is 96.8 Å². The van der Waals surface area contributed by atoms with Gasteiger partial charge in [0.2, 0.25) is 0 Å². The van der Waals surface area contributed by atoms with Crippen LogP contribution in [0.2, 0.25) is 0 Å². The summed E-state index contributed by atoms with van der Waals surface area (Å²) < 4.78 is 45.2. The first-order chi connectivity index (χ1) is 19.7. The fourth-order valence-electron chi connectivity index (χ4n) is 4.52. The minimum atomic E-state index is -1.50. The monoisotopic (exact) mass is 600 g/mol. The van der Waals surface area contributed by atoms with Crippen molar-refractivity contribution in [2.24, 2.45) is 0 Å². The van der Waals surface area contributed by atoms with Crippen LogP contribution in [0.5, 0.6) is 0 Å². The van der Waals surface area contributed by atoms with Gasteiger partial charge in [0, 0.05) is 53.3 Å². The van der Waals surface area contributed by atoms with Crippen molar-refractivity contribution in [3.63, 3.8) is 0 Å². The first kappa shape index (κ1) is 32.4. The molecule has 1 N–H and O–H groups in total. The van der Waals surface area contributed by atoms with Gasteiger partial charge in [0.1, 0.15) is 31.1 Å². The van der Waals surface area contributed by atoms with E-state index in [0.29, 0.717) is 0 Å². The van der Waals surface area contributed by atoms with Gasteiger partial charge >= 0.3 is 35.5 Å². The predicted octanol–water partition coefficient (Wildman–Crippen LogP) is -1.14. The predicted molar refractivity (Wildman–Crippen MR) is 133 cm³/mol. The van der Waals surface area contributed by atoms with Crippen LogP contribution in [0.1, 0.15) is 47.3 Å². The average Bonchev–Trinajstić information content (AvgIpc) is 3.25. The van der Waals surface area contributed by atoms with Gasteiger partial charge < -0.3 is 37.9 Å². The summed E-state index contributed by atoms with van der Waals surface area (Å²) in [6, 6.07) is 1.12. The highest BCUT2D eigenvalue weighted by Gasteiger charge is 2.53. The lowest BCUT2D eigenvalue weighted by molar-refractivity contribution is -0.312. The average molecular weight is 601 g/mol. The van der Waals surface area contributed by atoms with Gasteiger partial charge in [-0.15, -0.1) is 0 Å². The molecular formula is C25H32N2O15. The van der Waals surface area contributed by atoms with Crippen LogP contribution < -0.4 is 11.2 Å². The minimum absolute atomic E-state index is 0.0120. The molecule has 232 valence electrons. The molecule has 2 aliphatic rings. The Balaban J connectivity index is 1.89. The van der Waals surface area contributed by atoms with Crippen molar-refractivity contribution in [3.8, 4) is 0 Å². The molecule has 2 fully saturated rings. The van der Waals surface area contributed by atoms with E-state index in [1.807, 2.05) is 0 Å². The highest BCUT2D eigenvalue weighted by molar-refractivity contribution is 5.69. The van der Waals surface area contributed by atoms with Crippen molar-refractivity contribution in [1.82, 2.24) is 9.55 Å². The van der Waals surface area contributed by atoms with Crippen LogP contribution >= 0.6 is 0 Å². The normalized spacial score (nSPS) is 28.8. The molecule has 0 radical (unpaired) electrons. The summed E-state index contributed by atoms with van der Waals surface area (Å²) in [4.78, 5) is 85.0. The number of esters is 5. The Morgan fingerprint density at radius 3 is 1.95 bits per heavy atom. The lowest BCUT2D eigenvalue weighted by Gasteiger charge is -2.44.